The van der Waals surface area contributed by atoms with Crippen LogP contribution in [0.2, 0.25) is 0 Å². The highest BCUT2D eigenvalue weighted by atomic mass is 19.1. The summed E-state index contributed by atoms with van der Waals surface area (Å²) < 4.78 is 18.2. The summed E-state index contributed by atoms with van der Waals surface area (Å²) in [5, 5.41) is 0.715. The first-order chi connectivity index (χ1) is 10.4. The first kappa shape index (κ1) is 16.0. The molecule has 0 spiro atoms. The van der Waals surface area contributed by atoms with Crippen LogP contribution in [0.5, 0.6) is 0 Å². The van der Waals surface area contributed by atoms with Crippen molar-refractivity contribution in [1.82, 2.24) is 9.96 Å². The molecule has 0 aromatic carbocycles. The lowest BCUT2D eigenvalue weighted by Crippen LogP contribution is -2.48. The fourth-order valence-electron chi connectivity index (χ4n) is 2.45. The van der Waals surface area contributed by atoms with Crippen LogP contribution >= 0.6 is 0 Å². The van der Waals surface area contributed by atoms with Gasteiger partial charge in [0.1, 0.15) is 12.6 Å². The number of alkyl halides is 1. The topological polar surface area (TPSA) is 102 Å². The number of fused-ring (bicyclic) bond motifs is 2. The molecule has 8 nitrogen and oxygen atoms in total. The van der Waals surface area contributed by atoms with Crippen LogP contribution in [0, 0.1) is 0 Å². The summed E-state index contributed by atoms with van der Waals surface area (Å²) in [6, 6.07) is -2.24. The monoisotopic (exact) mass is 313 g/mol. The standard InChI is InChI=1S/C13H16FN3O5/c1-3-4-21-12(19)10(14)22-17-8-5-7(2)9(11(15)18)16(6-8)13(17)20/h3,5,8-10H,1,4,6H2,2H3,(H2,15,18)/t8-,9-,10-/m0/s1. The Morgan fingerprint density at radius 2 is 2.32 bits per heavy atom. The molecular weight excluding hydrogens is 297 g/mol. The number of rotatable bonds is 6. The third kappa shape index (κ3) is 2.80. The van der Waals surface area contributed by atoms with Gasteiger partial charge in [-0.05, 0) is 12.5 Å². The van der Waals surface area contributed by atoms with Crippen molar-refractivity contribution in [1.29, 1.82) is 0 Å². The van der Waals surface area contributed by atoms with Gasteiger partial charge in [0.05, 0.1) is 12.6 Å². The summed E-state index contributed by atoms with van der Waals surface area (Å²) >= 11 is 0. The van der Waals surface area contributed by atoms with Crippen LogP contribution in [-0.2, 0) is 19.2 Å². The summed E-state index contributed by atoms with van der Waals surface area (Å²) in [4.78, 5) is 40.8. The second-order valence-corrected chi connectivity index (χ2v) is 4.88. The van der Waals surface area contributed by atoms with Crippen LogP contribution in [0.3, 0.4) is 0 Å². The van der Waals surface area contributed by atoms with Gasteiger partial charge in [-0.3, -0.25) is 4.79 Å². The van der Waals surface area contributed by atoms with Gasteiger partial charge >= 0.3 is 18.4 Å². The second-order valence-electron chi connectivity index (χ2n) is 4.88. The summed E-state index contributed by atoms with van der Waals surface area (Å²) in [5.74, 6) is -1.96. The number of hydrogen-bond donors (Lipinski definition) is 1. The lowest BCUT2D eigenvalue weighted by molar-refractivity contribution is -0.222. The third-order valence-electron chi connectivity index (χ3n) is 3.32. The number of nitrogens with zero attached hydrogens (tertiary/aromatic N) is 2. The Bertz CT molecular complexity index is 550. The number of hydrogen-bond acceptors (Lipinski definition) is 5. The van der Waals surface area contributed by atoms with Gasteiger partial charge in [0.25, 0.3) is 0 Å². The first-order valence-corrected chi connectivity index (χ1v) is 6.52. The van der Waals surface area contributed by atoms with E-state index >= 15 is 0 Å². The van der Waals surface area contributed by atoms with Crippen molar-refractivity contribution in [2.75, 3.05) is 13.2 Å². The van der Waals surface area contributed by atoms with E-state index in [2.05, 4.69) is 11.3 Å². The van der Waals surface area contributed by atoms with E-state index in [9.17, 15) is 18.8 Å². The zero-order chi connectivity index (χ0) is 16.4. The van der Waals surface area contributed by atoms with Crippen LogP contribution < -0.4 is 5.73 Å². The number of amides is 3. The van der Waals surface area contributed by atoms with E-state index in [0.29, 0.717) is 10.6 Å². The highest BCUT2D eigenvalue weighted by molar-refractivity contribution is 5.90. The maximum absolute atomic E-state index is 13.7. The van der Waals surface area contributed by atoms with E-state index in [0.717, 1.165) is 0 Å². The van der Waals surface area contributed by atoms with E-state index in [1.54, 1.807) is 13.0 Å². The fraction of sp³-hybridized carbons (Fsp3) is 0.462. The van der Waals surface area contributed by atoms with Gasteiger partial charge in [0.2, 0.25) is 5.91 Å². The summed E-state index contributed by atoms with van der Waals surface area (Å²) in [6.07, 6.45) is 0.400. The number of halogens is 1. The molecule has 2 heterocycles. The molecule has 0 radical (unpaired) electrons. The van der Waals surface area contributed by atoms with Crippen molar-refractivity contribution in [3.05, 3.63) is 24.3 Å². The second kappa shape index (κ2) is 6.14. The molecule has 2 aliphatic rings. The highest BCUT2D eigenvalue weighted by Crippen LogP contribution is 2.29. The zero-order valence-electron chi connectivity index (χ0n) is 11.9. The van der Waals surface area contributed by atoms with Crippen molar-refractivity contribution in [2.45, 2.75) is 25.4 Å². The number of hydroxylamine groups is 2. The molecule has 1 saturated heterocycles. The van der Waals surface area contributed by atoms with Crippen molar-refractivity contribution >= 4 is 17.9 Å². The highest BCUT2D eigenvalue weighted by Gasteiger charge is 2.48. The van der Waals surface area contributed by atoms with Gasteiger partial charge in [-0.2, -0.15) is 5.06 Å². The molecule has 0 aromatic rings. The Kier molecular flexibility index (Phi) is 4.45. The molecule has 1 fully saturated rings. The Hall–Kier alpha value is -2.42. The molecule has 0 aliphatic carbocycles. The molecule has 0 unspecified atom stereocenters. The van der Waals surface area contributed by atoms with E-state index in [4.69, 9.17) is 10.6 Å². The average molecular weight is 313 g/mol. The number of urea groups is 1. The van der Waals surface area contributed by atoms with E-state index in [1.165, 1.54) is 11.0 Å². The first-order valence-electron chi connectivity index (χ1n) is 6.52. The van der Waals surface area contributed by atoms with Gasteiger partial charge in [-0.25, -0.2) is 18.8 Å². The third-order valence-corrected chi connectivity index (χ3v) is 3.32. The van der Waals surface area contributed by atoms with Crippen LogP contribution in [0.1, 0.15) is 6.92 Å². The minimum absolute atomic E-state index is 0.123. The molecule has 2 rings (SSSR count). The Morgan fingerprint density at radius 1 is 1.64 bits per heavy atom. The fourth-order valence-corrected chi connectivity index (χ4v) is 2.45. The summed E-state index contributed by atoms with van der Waals surface area (Å²) in [6.45, 7) is 4.91. The summed E-state index contributed by atoms with van der Waals surface area (Å²) in [5.41, 5.74) is 5.83. The number of primary amides is 1. The Balaban J connectivity index is 2.09. The normalized spacial score (nSPS) is 24.8. The van der Waals surface area contributed by atoms with Crippen molar-refractivity contribution < 1.29 is 28.3 Å². The van der Waals surface area contributed by atoms with E-state index < -0.39 is 36.3 Å². The van der Waals surface area contributed by atoms with Crippen LogP contribution in [0.4, 0.5) is 9.18 Å². The van der Waals surface area contributed by atoms with Crippen LogP contribution in [0.25, 0.3) is 0 Å². The number of ether oxygens (including phenoxy) is 1. The largest absolute Gasteiger partial charge is 0.457 e. The van der Waals surface area contributed by atoms with Gasteiger partial charge in [-0.1, -0.05) is 18.7 Å². The number of carbonyl (C=O) groups is 3. The van der Waals surface area contributed by atoms with Gasteiger partial charge in [0, 0.05) is 0 Å². The van der Waals surface area contributed by atoms with Gasteiger partial charge in [-0.15, -0.1) is 0 Å². The number of carbonyl (C=O) groups excluding carboxylic acids is 3. The Morgan fingerprint density at radius 3 is 2.91 bits per heavy atom. The Labute approximate surface area is 125 Å². The van der Waals surface area contributed by atoms with Gasteiger partial charge < -0.3 is 15.4 Å². The molecular formula is C13H16FN3O5. The molecule has 120 valence electrons. The molecule has 3 amide bonds. The molecule has 2 bridgehead atoms. The molecule has 2 N–H and O–H groups in total. The van der Waals surface area contributed by atoms with Crippen molar-refractivity contribution in [3.8, 4) is 0 Å². The van der Waals surface area contributed by atoms with Crippen LogP contribution in [-0.4, -0.2) is 59.5 Å². The zero-order valence-corrected chi connectivity index (χ0v) is 11.9. The molecule has 0 saturated carbocycles. The summed E-state index contributed by atoms with van der Waals surface area (Å²) in [7, 11) is 0. The molecule has 9 heteroatoms. The average Bonchev–Trinajstić information content (AvgIpc) is 2.69. The van der Waals surface area contributed by atoms with Crippen LogP contribution in [0.15, 0.2) is 24.3 Å². The quantitative estimate of drug-likeness (QED) is 0.543. The van der Waals surface area contributed by atoms with Crippen molar-refractivity contribution in [2.24, 2.45) is 5.73 Å². The smallest absolute Gasteiger partial charge is 0.371 e. The number of nitrogens with two attached hydrogens (primary N) is 1. The predicted octanol–water partition coefficient (Wildman–Crippen LogP) is -0.137. The SMILES string of the molecule is C=CCOC(=O)[C@@H](F)ON1C(=O)N2C[C@@H]1C=C(C)[C@H]2C(N)=O. The predicted molar refractivity (Wildman–Crippen MR) is 71.6 cm³/mol. The van der Waals surface area contributed by atoms with E-state index in [1.807, 2.05) is 0 Å². The molecule has 2 aliphatic heterocycles. The minimum Gasteiger partial charge on any atom is -0.457 e. The minimum atomic E-state index is -2.45. The molecule has 0 aromatic heterocycles. The van der Waals surface area contributed by atoms with Gasteiger partial charge in [0.15, 0.2) is 0 Å². The lowest BCUT2D eigenvalue weighted by Gasteiger charge is -2.27. The maximum atomic E-state index is 13.7. The van der Waals surface area contributed by atoms with E-state index in [-0.39, 0.29) is 13.2 Å². The van der Waals surface area contributed by atoms with Crippen molar-refractivity contribution in [3.63, 3.8) is 0 Å². The lowest BCUT2D eigenvalue weighted by atomic mass is 10.0. The molecule has 3 atom stereocenters. The number of esters is 1. The molecule has 22 heavy (non-hydrogen) atoms. The maximum Gasteiger partial charge on any atom is 0.371 e.